The molecule has 1 aliphatic heterocycles. The molecule has 2 rings (SSSR count). The van der Waals surface area contributed by atoms with E-state index in [0.717, 1.165) is 51.5 Å². The van der Waals surface area contributed by atoms with Crippen molar-refractivity contribution in [2.75, 3.05) is 19.7 Å². The van der Waals surface area contributed by atoms with E-state index < -0.39 is 0 Å². The van der Waals surface area contributed by atoms with Crippen molar-refractivity contribution in [2.24, 2.45) is 11.8 Å². The zero-order valence-electron chi connectivity index (χ0n) is 13.7. The Morgan fingerprint density at radius 2 is 1.91 bits per heavy atom. The molecule has 5 nitrogen and oxygen atoms in total. The fourth-order valence-corrected chi connectivity index (χ4v) is 3.60. The lowest BCUT2D eigenvalue weighted by Crippen LogP contribution is -2.48. The molecule has 1 unspecified atom stereocenters. The monoisotopic (exact) mass is 310 g/mol. The van der Waals surface area contributed by atoms with E-state index in [9.17, 15) is 9.59 Å². The summed E-state index contributed by atoms with van der Waals surface area (Å²) in [5.74, 6) is 0.653. The summed E-state index contributed by atoms with van der Waals surface area (Å²) in [5.41, 5.74) is 0. The quantitative estimate of drug-likeness (QED) is 0.812. The maximum absolute atomic E-state index is 12.4. The zero-order chi connectivity index (χ0) is 15.9. The highest BCUT2D eigenvalue weighted by Crippen LogP contribution is 2.25. The molecule has 2 N–H and O–H groups in total. The molecular weight excluding hydrogens is 280 g/mol. The van der Waals surface area contributed by atoms with Gasteiger partial charge in [-0.3, -0.25) is 9.59 Å². The summed E-state index contributed by atoms with van der Waals surface area (Å²) >= 11 is 0. The summed E-state index contributed by atoms with van der Waals surface area (Å²) in [4.78, 5) is 26.3. The van der Waals surface area contributed by atoms with E-state index in [1.807, 2.05) is 11.8 Å². The molecule has 2 amide bonds. The van der Waals surface area contributed by atoms with Gasteiger partial charge in [-0.2, -0.15) is 0 Å². The number of hydrogen-bond donors (Lipinski definition) is 2. The number of carbonyl (C=O) groups excluding carboxylic acids is 2. The SMILES string of the molecule is CCCC(=O)N1CCCC(C(=O)NC2CCC(CO)CC2)C1. The molecule has 2 aliphatic rings. The maximum Gasteiger partial charge on any atom is 0.225 e. The van der Waals surface area contributed by atoms with Crippen LogP contribution in [0.1, 0.15) is 58.3 Å². The standard InChI is InChI=1S/C17H30N2O3/c1-2-4-16(21)19-10-3-5-14(11-19)17(22)18-15-8-6-13(12-20)7-9-15/h13-15,20H,2-12H2,1H3,(H,18,22). The number of aliphatic hydroxyl groups is 1. The van der Waals surface area contributed by atoms with Crippen molar-refractivity contribution in [1.29, 1.82) is 0 Å². The van der Waals surface area contributed by atoms with E-state index in [2.05, 4.69) is 5.32 Å². The highest BCUT2D eigenvalue weighted by Gasteiger charge is 2.30. The van der Waals surface area contributed by atoms with Crippen LogP contribution >= 0.6 is 0 Å². The molecular formula is C17H30N2O3. The third-order valence-electron chi connectivity index (χ3n) is 5.06. The number of amides is 2. The number of carbonyl (C=O) groups is 2. The largest absolute Gasteiger partial charge is 0.396 e. The molecule has 0 aromatic heterocycles. The van der Waals surface area contributed by atoms with Crippen molar-refractivity contribution < 1.29 is 14.7 Å². The average Bonchev–Trinajstić information content (AvgIpc) is 2.56. The molecule has 22 heavy (non-hydrogen) atoms. The summed E-state index contributed by atoms with van der Waals surface area (Å²) in [6, 6.07) is 0.247. The Morgan fingerprint density at radius 3 is 2.55 bits per heavy atom. The van der Waals surface area contributed by atoms with E-state index in [0.29, 0.717) is 18.9 Å². The molecule has 2 fully saturated rings. The Labute approximate surface area is 133 Å². The Hall–Kier alpha value is -1.10. The van der Waals surface area contributed by atoms with Crippen LogP contribution in [0.3, 0.4) is 0 Å². The maximum atomic E-state index is 12.4. The first-order valence-corrected chi connectivity index (χ1v) is 8.83. The summed E-state index contributed by atoms with van der Waals surface area (Å²) < 4.78 is 0. The average molecular weight is 310 g/mol. The third-order valence-corrected chi connectivity index (χ3v) is 5.06. The van der Waals surface area contributed by atoms with Gasteiger partial charge in [0.25, 0.3) is 0 Å². The predicted molar refractivity (Wildman–Crippen MR) is 85.2 cm³/mol. The normalized spacial score (nSPS) is 29.2. The molecule has 0 bridgehead atoms. The van der Waals surface area contributed by atoms with Crippen molar-refractivity contribution >= 4 is 11.8 Å². The van der Waals surface area contributed by atoms with Crippen LogP contribution < -0.4 is 5.32 Å². The molecule has 126 valence electrons. The molecule has 1 saturated carbocycles. The highest BCUT2D eigenvalue weighted by molar-refractivity contribution is 5.81. The lowest BCUT2D eigenvalue weighted by atomic mass is 9.86. The number of nitrogens with one attached hydrogen (secondary N) is 1. The summed E-state index contributed by atoms with van der Waals surface area (Å²) in [6.45, 7) is 3.65. The number of likely N-dealkylation sites (tertiary alicyclic amines) is 1. The first-order chi connectivity index (χ1) is 10.6. The van der Waals surface area contributed by atoms with Gasteiger partial charge in [-0.15, -0.1) is 0 Å². The fourth-order valence-electron chi connectivity index (χ4n) is 3.60. The van der Waals surface area contributed by atoms with E-state index in [1.54, 1.807) is 0 Å². The van der Waals surface area contributed by atoms with Crippen molar-refractivity contribution in [3.63, 3.8) is 0 Å². The molecule has 5 heteroatoms. The van der Waals surface area contributed by atoms with Crippen molar-refractivity contribution in [3.05, 3.63) is 0 Å². The van der Waals surface area contributed by atoms with Crippen LogP contribution in [0.2, 0.25) is 0 Å². The van der Waals surface area contributed by atoms with Gasteiger partial charge in [0.05, 0.1) is 5.92 Å². The first-order valence-electron chi connectivity index (χ1n) is 8.83. The molecule has 0 aromatic rings. The number of rotatable bonds is 5. The molecule has 0 aromatic carbocycles. The summed E-state index contributed by atoms with van der Waals surface area (Å²) in [5, 5.41) is 12.3. The Balaban J connectivity index is 1.78. The van der Waals surface area contributed by atoms with Crippen molar-refractivity contribution in [3.8, 4) is 0 Å². The van der Waals surface area contributed by atoms with Crippen molar-refractivity contribution in [2.45, 2.75) is 64.3 Å². The van der Waals surface area contributed by atoms with Gasteiger partial charge in [0.1, 0.15) is 0 Å². The second kappa shape index (κ2) is 8.51. The molecule has 0 spiro atoms. The molecule has 1 heterocycles. The number of nitrogens with zero attached hydrogens (tertiary/aromatic N) is 1. The van der Waals surface area contributed by atoms with Crippen LogP contribution in [0.5, 0.6) is 0 Å². The Bertz CT molecular complexity index is 378. The Morgan fingerprint density at radius 1 is 1.18 bits per heavy atom. The van der Waals surface area contributed by atoms with Gasteiger partial charge < -0.3 is 15.3 Å². The van der Waals surface area contributed by atoms with Gasteiger partial charge >= 0.3 is 0 Å². The van der Waals surface area contributed by atoms with Crippen LogP contribution in [0.15, 0.2) is 0 Å². The van der Waals surface area contributed by atoms with Gasteiger partial charge in [0.2, 0.25) is 11.8 Å². The minimum atomic E-state index is -0.0508. The second-order valence-electron chi connectivity index (χ2n) is 6.84. The lowest BCUT2D eigenvalue weighted by molar-refractivity contribution is -0.136. The van der Waals surface area contributed by atoms with E-state index in [4.69, 9.17) is 5.11 Å². The van der Waals surface area contributed by atoms with Crippen LogP contribution in [-0.4, -0.2) is 47.6 Å². The van der Waals surface area contributed by atoms with Gasteiger partial charge in [-0.25, -0.2) is 0 Å². The van der Waals surface area contributed by atoms with Crippen LogP contribution in [0.4, 0.5) is 0 Å². The third kappa shape index (κ3) is 4.70. The van der Waals surface area contributed by atoms with Crippen LogP contribution in [-0.2, 0) is 9.59 Å². The zero-order valence-corrected chi connectivity index (χ0v) is 13.7. The minimum absolute atomic E-state index is 0.0508. The minimum Gasteiger partial charge on any atom is -0.396 e. The fraction of sp³-hybridized carbons (Fsp3) is 0.882. The van der Waals surface area contributed by atoms with Crippen LogP contribution in [0, 0.1) is 11.8 Å². The highest BCUT2D eigenvalue weighted by atomic mass is 16.3. The molecule has 0 radical (unpaired) electrons. The topological polar surface area (TPSA) is 69.6 Å². The lowest BCUT2D eigenvalue weighted by Gasteiger charge is -2.34. The molecule has 1 saturated heterocycles. The summed E-state index contributed by atoms with van der Waals surface area (Å²) in [7, 11) is 0. The van der Waals surface area contributed by atoms with Gasteiger partial charge in [-0.05, 0) is 50.9 Å². The number of piperidine rings is 1. The smallest absolute Gasteiger partial charge is 0.225 e. The number of aliphatic hydroxyl groups excluding tert-OH is 1. The summed E-state index contributed by atoms with van der Waals surface area (Å²) in [6.07, 6.45) is 7.16. The first kappa shape index (κ1) is 17.3. The predicted octanol–water partition coefficient (Wildman–Crippen LogP) is 1.69. The Kier molecular flexibility index (Phi) is 6.68. The second-order valence-corrected chi connectivity index (χ2v) is 6.84. The van der Waals surface area contributed by atoms with Gasteiger partial charge in [-0.1, -0.05) is 6.92 Å². The van der Waals surface area contributed by atoms with Crippen molar-refractivity contribution in [1.82, 2.24) is 10.2 Å². The van der Waals surface area contributed by atoms with E-state index in [1.165, 1.54) is 0 Å². The molecule has 1 aliphatic carbocycles. The van der Waals surface area contributed by atoms with E-state index >= 15 is 0 Å². The van der Waals surface area contributed by atoms with Crippen LogP contribution in [0.25, 0.3) is 0 Å². The van der Waals surface area contributed by atoms with Gasteiger partial charge in [0, 0.05) is 32.2 Å². The van der Waals surface area contributed by atoms with E-state index in [-0.39, 0.29) is 30.4 Å². The van der Waals surface area contributed by atoms with Gasteiger partial charge in [0.15, 0.2) is 0 Å². The number of hydrogen-bond acceptors (Lipinski definition) is 3. The molecule has 1 atom stereocenters.